The van der Waals surface area contributed by atoms with Gasteiger partial charge in [0.15, 0.2) is 0 Å². The van der Waals surface area contributed by atoms with Crippen molar-refractivity contribution in [3.63, 3.8) is 0 Å². The van der Waals surface area contributed by atoms with Gasteiger partial charge in [-0.05, 0) is 70.1 Å². The molecule has 4 atom stereocenters. The maximum atomic E-state index is 2.61. The fraction of sp³-hybridized carbons (Fsp3) is 0.615. The summed E-state index contributed by atoms with van der Waals surface area (Å²) in [6.07, 6.45) is 6.47. The van der Waals surface area contributed by atoms with Crippen molar-refractivity contribution in [1.82, 2.24) is 0 Å². The van der Waals surface area contributed by atoms with Gasteiger partial charge in [0, 0.05) is 0 Å². The van der Waals surface area contributed by atoms with E-state index in [1.54, 1.807) is 5.57 Å². The summed E-state index contributed by atoms with van der Waals surface area (Å²) in [7, 11) is 0. The second-order valence-electron chi connectivity index (χ2n) is 11.1. The van der Waals surface area contributed by atoms with E-state index in [0.717, 1.165) is 11.8 Å². The number of hydrogen-bond acceptors (Lipinski definition) is 0. The summed E-state index contributed by atoms with van der Waals surface area (Å²) in [4.78, 5) is 0. The van der Waals surface area contributed by atoms with Gasteiger partial charge in [0.25, 0.3) is 0 Å². The van der Waals surface area contributed by atoms with E-state index >= 15 is 0 Å². The largest absolute Gasteiger partial charge is 0.0768 e. The lowest BCUT2D eigenvalue weighted by Gasteiger charge is -2.33. The van der Waals surface area contributed by atoms with E-state index in [4.69, 9.17) is 0 Å². The van der Waals surface area contributed by atoms with Crippen LogP contribution in [0.25, 0.3) is 5.57 Å². The van der Waals surface area contributed by atoms with Crippen molar-refractivity contribution in [3.05, 3.63) is 52.6 Å². The summed E-state index contributed by atoms with van der Waals surface area (Å²) in [5.41, 5.74) is 7.81. The topological polar surface area (TPSA) is 0 Å². The maximum absolute atomic E-state index is 2.61. The summed E-state index contributed by atoms with van der Waals surface area (Å²) in [6, 6.07) is 7.25. The summed E-state index contributed by atoms with van der Waals surface area (Å²) in [5.74, 6) is 2.95. The molecule has 0 heterocycles. The predicted molar refractivity (Wildman–Crippen MR) is 115 cm³/mol. The molecule has 0 N–H and O–H groups in total. The molecule has 0 spiro atoms. The van der Waals surface area contributed by atoms with Crippen LogP contribution in [0.3, 0.4) is 0 Å². The quantitative estimate of drug-likeness (QED) is 0.490. The lowest BCUT2D eigenvalue weighted by atomic mass is 9.71. The van der Waals surface area contributed by atoms with E-state index < -0.39 is 0 Å². The van der Waals surface area contributed by atoms with E-state index in [0.29, 0.717) is 11.8 Å². The molecule has 0 bridgehead atoms. The molecule has 1 fully saturated rings. The zero-order valence-electron chi connectivity index (χ0n) is 18.4. The van der Waals surface area contributed by atoms with Gasteiger partial charge in [0.05, 0.1) is 0 Å². The number of aryl methyl sites for hydroxylation is 1. The molecule has 142 valence electrons. The number of rotatable bonds is 1. The van der Waals surface area contributed by atoms with Crippen LogP contribution < -0.4 is 0 Å². The molecular weight excluding hydrogens is 312 g/mol. The highest BCUT2D eigenvalue weighted by atomic mass is 14.5. The Morgan fingerprint density at radius 3 is 2.12 bits per heavy atom. The highest BCUT2D eigenvalue weighted by Gasteiger charge is 2.42. The first-order valence-electron chi connectivity index (χ1n) is 10.4. The van der Waals surface area contributed by atoms with Crippen LogP contribution in [0.2, 0.25) is 0 Å². The van der Waals surface area contributed by atoms with Crippen LogP contribution in [0.1, 0.15) is 78.5 Å². The van der Waals surface area contributed by atoms with Crippen LogP contribution in [0.5, 0.6) is 0 Å². The fourth-order valence-corrected chi connectivity index (χ4v) is 4.80. The minimum atomic E-state index is 0.189. The Morgan fingerprint density at radius 2 is 1.54 bits per heavy atom. The number of fused-ring (bicyclic) bond motifs is 1. The fourth-order valence-electron chi connectivity index (χ4n) is 4.80. The van der Waals surface area contributed by atoms with E-state index in [9.17, 15) is 0 Å². The molecule has 26 heavy (non-hydrogen) atoms. The second-order valence-corrected chi connectivity index (χ2v) is 11.1. The molecule has 0 radical (unpaired) electrons. The first-order valence-corrected chi connectivity index (χ1v) is 10.4. The molecule has 2 aliphatic carbocycles. The van der Waals surface area contributed by atoms with Crippen molar-refractivity contribution in [1.29, 1.82) is 0 Å². The molecule has 0 heteroatoms. The molecule has 0 amide bonds. The summed E-state index contributed by atoms with van der Waals surface area (Å²) < 4.78 is 0. The van der Waals surface area contributed by atoms with Gasteiger partial charge in [-0.25, -0.2) is 0 Å². The third-order valence-corrected chi connectivity index (χ3v) is 6.82. The molecule has 1 aromatic rings. The Bertz CT molecular complexity index is 745. The highest BCUT2D eigenvalue weighted by Crippen LogP contribution is 2.52. The Kier molecular flexibility index (Phi) is 4.79. The molecule has 0 aliphatic heterocycles. The van der Waals surface area contributed by atoms with Crippen LogP contribution in [0, 0.1) is 36.0 Å². The molecule has 0 saturated heterocycles. The first kappa shape index (κ1) is 19.5. The van der Waals surface area contributed by atoms with Crippen molar-refractivity contribution in [2.45, 2.75) is 74.1 Å². The van der Waals surface area contributed by atoms with E-state index in [1.807, 2.05) is 0 Å². The van der Waals surface area contributed by atoms with Crippen molar-refractivity contribution in [3.8, 4) is 0 Å². The van der Waals surface area contributed by atoms with Crippen LogP contribution in [0.4, 0.5) is 0 Å². The lowest BCUT2D eigenvalue weighted by molar-refractivity contribution is 0.388. The Labute approximate surface area is 161 Å². The van der Waals surface area contributed by atoms with Gasteiger partial charge in [-0.1, -0.05) is 91.3 Å². The number of benzene rings is 1. The Balaban J connectivity index is 2.15. The Morgan fingerprint density at radius 1 is 0.885 bits per heavy atom. The highest BCUT2D eigenvalue weighted by molar-refractivity contribution is 5.74. The van der Waals surface area contributed by atoms with E-state index in [-0.39, 0.29) is 10.8 Å². The van der Waals surface area contributed by atoms with Gasteiger partial charge >= 0.3 is 0 Å². The molecule has 1 aromatic carbocycles. The minimum absolute atomic E-state index is 0.189. The molecule has 0 nitrogen and oxygen atoms in total. The SMILES string of the molecule is Cc1cc(C2=CC(C(C)(C)C)=CC3C2CC(C)C3C)cc(C(C)(C)C)c1. The molecule has 4 unspecified atom stereocenters. The normalized spacial score (nSPS) is 29.3. The number of allylic oxidation sites excluding steroid dienone is 4. The van der Waals surface area contributed by atoms with Gasteiger partial charge in [-0.15, -0.1) is 0 Å². The van der Waals surface area contributed by atoms with Crippen LogP contribution in [-0.4, -0.2) is 0 Å². The summed E-state index contributed by atoms with van der Waals surface area (Å²) in [6.45, 7) is 21.2. The Hall–Kier alpha value is -1.30. The van der Waals surface area contributed by atoms with Crippen molar-refractivity contribution >= 4 is 5.57 Å². The zero-order chi connectivity index (χ0) is 19.4. The van der Waals surface area contributed by atoms with Gasteiger partial charge in [-0.3, -0.25) is 0 Å². The minimum Gasteiger partial charge on any atom is -0.0768 e. The van der Waals surface area contributed by atoms with E-state index in [1.165, 1.54) is 28.7 Å². The molecular formula is C26H38. The first-order chi connectivity index (χ1) is 11.9. The monoisotopic (exact) mass is 350 g/mol. The standard InChI is InChI=1S/C26H38/c1-16-10-19(13-20(11-16)25(4,5)6)23-15-21(26(7,8)9)14-22-18(3)17(2)12-24(22)23/h10-11,13-15,17-18,22,24H,12H2,1-9H3. The summed E-state index contributed by atoms with van der Waals surface area (Å²) in [5, 5.41) is 0. The van der Waals surface area contributed by atoms with Gasteiger partial charge in [0.1, 0.15) is 0 Å². The second kappa shape index (κ2) is 6.39. The van der Waals surface area contributed by atoms with Gasteiger partial charge in [0.2, 0.25) is 0 Å². The van der Waals surface area contributed by atoms with Crippen LogP contribution >= 0.6 is 0 Å². The summed E-state index contributed by atoms with van der Waals surface area (Å²) >= 11 is 0. The third-order valence-electron chi connectivity index (χ3n) is 6.82. The smallest absolute Gasteiger partial charge is 0.00875 e. The van der Waals surface area contributed by atoms with Crippen LogP contribution in [-0.2, 0) is 5.41 Å². The van der Waals surface area contributed by atoms with Crippen molar-refractivity contribution in [2.75, 3.05) is 0 Å². The van der Waals surface area contributed by atoms with Crippen LogP contribution in [0.15, 0.2) is 35.9 Å². The average molecular weight is 351 g/mol. The average Bonchev–Trinajstić information content (AvgIpc) is 2.79. The maximum Gasteiger partial charge on any atom is -0.00875 e. The number of hydrogen-bond donors (Lipinski definition) is 0. The molecule has 0 aromatic heterocycles. The van der Waals surface area contributed by atoms with Gasteiger partial charge < -0.3 is 0 Å². The van der Waals surface area contributed by atoms with Crippen molar-refractivity contribution < 1.29 is 0 Å². The molecule has 1 saturated carbocycles. The third kappa shape index (κ3) is 3.57. The van der Waals surface area contributed by atoms with Crippen molar-refractivity contribution in [2.24, 2.45) is 29.1 Å². The molecule has 2 aliphatic rings. The van der Waals surface area contributed by atoms with E-state index in [2.05, 4.69) is 92.7 Å². The van der Waals surface area contributed by atoms with Gasteiger partial charge in [-0.2, -0.15) is 0 Å². The lowest BCUT2D eigenvalue weighted by Crippen LogP contribution is -2.21. The predicted octanol–water partition coefficient (Wildman–Crippen LogP) is 7.57. The zero-order valence-corrected chi connectivity index (χ0v) is 18.4. The molecule has 3 rings (SSSR count).